The van der Waals surface area contributed by atoms with Crippen LogP contribution in [0, 0.1) is 23.0 Å². The Labute approximate surface area is 215 Å². The van der Waals surface area contributed by atoms with Gasteiger partial charge in [-0.3, -0.25) is 4.98 Å². The number of aromatic nitrogens is 3. The molecule has 1 saturated carbocycles. The van der Waals surface area contributed by atoms with Crippen LogP contribution < -0.4 is 16.0 Å². The lowest BCUT2D eigenvalue weighted by atomic mass is 9.92. The first-order chi connectivity index (χ1) is 18.0. The molecule has 0 radical (unpaired) electrons. The molecule has 2 fully saturated rings. The van der Waals surface area contributed by atoms with E-state index in [2.05, 4.69) is 25.2 Å². The first-order valence-corrected chi connectivity index (χ1v) is 13.2. The molecule has 0 spiro atoms. The first kappa shape index (κ1) is 22.7. The van der Waals surface area contributed by atoms with Gasteiger partial charge in [-0.15, -0.1) is 11.3 Å². The molecule has 2 aliphatic heterocycles. The Balaban J connectivity index is 1.38. The zero-order chi connectivity index (χ0) is 25.3. The van der Waals surface area contributed by atoms with Crippen molar-refractivity contribution in [2.75, 3.05) is 23.7 Å². The van der Waals surface area contributed by atoms with Crippen LogP contribution in [0.25, 0.3) is 32.2 Å². The summed E-state index contributed by atoms with van der Waals surface area (Å²) in [5.74, 6) is -0.709. The van der Waals surface area contributed by atoms with Crippen LogP contribution in [0.15, 0.2) is 12.4 Å². The second-order valence-electron chi connectivity index (χ2n) is 9.91. The molecule has 0 bridgehead atoms. The number of nitrogens with zero attached hydrogens (tertiary/aromatic N) is 5. The summed E-state index contributed by atoms with van der Waals surface area (Å²) in [6.07, 6.45) is 7.42. The van der Waals surface area contributed by atoms with Gasteiger partial charge >= 0.3 is 0 Å². The van der Waals surface area contributed by atoms with Gasteiger partial charge in [0.25, 0.3) is 0 Å². The van der Waals surface area contributed by atoms with Crippen molar-refractivity contribution in [1.29, 1.82) is 5.26 Å². The van der Waals surface area contributed by atoms with Crippen LogP contribution in [0.3, 0.4) is 0 Å². The first-order valence-electron chi connectivity index (χ1n) is 12.4. The SMILES string of the molecule is N#Cc1c(N)sc2c(F)cnc(-c3c4c(c5cnc(N6CC[C@H](NC7CCC7)C6)nc5c3F)COC4)c12. The van der Waals surface area contributed by atoms with Crippen LogP contribution in [0.4, 0.5) is 19.7 Å². The maximum absolute atomic E-state index is 16.4. The van der Waals surface area contributed by atoms with Gasteiger partial charge < -0.3 is 20.7 Å². The molecule has 1 aromatic carbocycles. The predicted octanol–water partition coefficient (Wildman–Crippen LogP) is 4.39. The number of nitriles is 1. The highest BCUT2D eigenvalue weighted by Gasteiger charge is 2.32. The van der Waals surface area contributed by atoms with Gasteiger partial charge in [0.15, 0.2) is 11.6 Å². The highest BCUT2D eigenvalue weighted by molar-refractivity contribution is 7.23. The summed E-state index contributed by atoms with van der Waals surface area (Å²) in [5.41, 5.74) is 8.03. The molecule has 0 unspecified atom stereocenters. The number of fused-ring (bicyclic) bond motifs is 4. The third-order valence-electron chi connectivity index (χ3n) is 7.78. The van der Waals surface area contributed by atoms with E-state index >= 15 is 4.39 Å². The van der Waals surface area contributed by atoms with E-state index in [4.69, 9.17) is 10.5 Å². The summed E-state index contributed by atoms with van der Waals surface area (Å²) in [5, 5.41) is 14.4. The fourth-order valence-corrected chi connectivity index (χ4v) is 6.60. The largest absolute Gasteiger partial charge is 0.389 e. The molecule has 3 aliphatic rings. The van der Waals surface area contributed by atoms with E-state index < -0.39 is 11.6 Å². The topological polar surface area (TPSA) is 113 Å². The fraction of sp³-hybridized carbons (Fsp3) is 0.385. The minimum Gasteiger partial charge on any atom is -0.389 e. The molecule has 1 atom stereocenters. The highest BCUT2D eigenvalue weighted by Crippen LogP contribution is 2.45. The number of rotatable bonds is 4. The Hall–Kier alpha value is -3.46. The zero-order valence-electron chi connectivity index (χ0n) is 19.9. The Morgan fingerprint density at radius 3 is 2.76 bits per heavy atom. The molecule has 8 nitrogen and oxygen atoms in total. The molecule has 3 N–H and O–H groups in total. The molecule has 0 amide bonds. The lowest BCUT2D eigenvalue weighted by molar-refractivity contribution is 0.135. The van der Waals surface area contributed by atoms with Crippen LogP contribution in [0.1, 0.15) is 42.4 Å². The van der Waals surface area contributed by atoms with Gasteiger partial charge in [0, 0.05) is 47.7 Å². The standard InChI is InChI=1S/C26H23F2N7OS/c27-18-8-31-23(20-14(6-29)25(30)37-24(18)20)19-17-11-36-10-16(17)15-7-32-26(34-22(15)21(19)28)35-5-4-13(9-35)33-12-2-1-3-12/h7-8,12-13,33H,1-5,9-11,30H2/t13-/m0/s1. The van der Waals surface area contributed by atoms with Gasteiger partial charge in [-0.1, -0.05) is 6.42 Å². The number of hydrogen-bond acceptors (Lipinski definition) is 9. The minimum atomic E-state index is -0.602. The van der Waals surface area contributed by atoms with E-state index in [-0.39, 0.29) is 50.6 Å². The summed E-state index contributed by atoms with van der Waals surface area (Å²) in [7, 11) is 0. The minimum absolute atomic E-state index is 0.0969. The average Bonchev–Trinajstić information content (AvgIpc) is 3.61. The molecule has 5 heterocycles. The van der Waals surface area contributed by atoms with Crippen molar-refractivity contribution in [3.05, 3.63) is 40.7 Å². The Bertz CT molecular complexity index is 1630. The summed E-state index contributed by atoms with van der Waals surface area (Å²) < 4.78 is 36.9. The van der Waals surface area contributed by atoms with Crippen LogP contribution in [-0.4, -0.2) is 40.1 Å². The van der Waals surface area contributed by atoms with Gasteiger partial charge in [-0.05, 0) is 30.4 Å². The fourth-order valence-electron chi connectivity index (χ4n) is 5.68. The van der Waals surface area contributed by atoms with Crippen LogP contribution in [-0.2, 0) is 18.0 Å². The number of anilines is 2. The Morgan fingerprint density at radius 2 is 1.97 bits per heavy atom. The van der Waals surface area contributed by atoms with Crippen molar-refractivity contribution in [1.82, 2.24) is 20.3 Å². The molecular weight excluding hydrogens is 496 g/mol. The second-order valence-corrected chi connectivity index (χ2v) is 11.0. The third-order valence-corrected chi connectivity index (χ3v) is 8.81. The lowest BCUT2D eigenvalue weighted by Gasteiger charge is -2.29. The predicted molar refractivity (Wildman–Crippen MR) is 137 cm³/mol. The number of halogens is 2. The van der Waals surface area contributed by atoms with E-state index in [1.54, 1.807) is 6.20 Å². The van der Waals surface area contributed by atoms with Crippen molar-refractivity contribution in [2.24, 2.45) is 0 Å². The normalized spacial score (nSPS) is 19.5. The molecule has 188 valence electrons. The van der Waals surface area contributed by atoms with E-state index in [0.29, 0.717) is 29.0 Å². The van der Waals surface area contributed by atoms with Gasteiger partial charge in [-0.2, -0.15) is 5.26 Å². The summed E-state index contributed by atoms with van der Waals surface area (Å²) >= 11 is 0.959. The van der Waals surface area contributed by atoms with Crippen molar-refractivity contribution < 1.29 is 13.5 Å². The lowest BCUT2D eigenvalue weighted by Crippen LogP contribution is -2.43. The molecule has 1 saturated heterocycles. The summed E-state index contributed by atoms with van der Waals surface area (Å²) in [6.45, 7) is 2.00. The molecule has 4 aromatic rings. The van der Waals surface area contributed by atoms with Crippen LogP contribution in [0.2, 0.25) is 0 Å². The number of pyridine rings is 1. The smallest absolute Gasteiger partial charge is 0.226 e. The van der Waals surface area contributed by atoms with Crippen LogP contribution >= 0.6 is 11.3 Å². The van der Waals surface area contributed by atoms with Crippen LogP contribution in [0.5, 0.6) is 0 Å². The number of nitrogens with one attached hydrogen (secondary N) is 1. The van der Waals surface area contributed by atoms with Gasteiger partial charge in [0.05, 0.1) is 35.4 Å². The van der Waals surface area contributed by atoms with Gasteiger partial charge in [0.2, 0.25) is 5.95 Å². The summed E-state index contributed by atoms with van der Waals surface area (Å²) in [4.78, 5) is 15.6. The number of hydrogen-bond donors (Lipinski definition) is 2. The number of ether oxygens (including phenoxy) is 1. The monoisotopic (exact) mass is 519 g/mol. The van der Waals surface area contributed by atoms with Gasteiger partial charge in [-0.25, -0.2) is 18.7 Å². The summed E-state index contributed by atoms with van der Waals surface area (Å²) in [6, 6.07) is 3.00. The van der Waals surface area contributed by atoms with Gasteiger partial charge in [0.1, 0.15) is 16.6 Å². The van der Waals surface area contributed by atoms with E-state index in [9.17, 15) is 9.65 Å². The Kier molecular flexibility index (Phi) is 5.25. The molecule has 37 heavy (non-hydrogen) atoms. The van der Waals surface area contributed by atoms with Crippen molar-refractivity contribution in [3.63, 3.8) is 0 Å². The average molecular weight is 520 g/mol. The van der Waals surface area contributed by atoms with Crippen molar-refractivity contribution in [2.45, 2.75) is 51.0 Å². The Morgan fingerprint density at radius 1 is 1.14 bits per heavy atom. The molecule has 7 rings (SSSR count). The maximum Gasteiger partial charge on any atom is 0.226 e. The number of nitrogens with two attached hydrogens (primary N) is 1. The van der Waals surface area contributed by atoms with E-state index in [0.717, 1.165) is 42.6 Å². The third kappa shape index (κ3) is 3.47. The molecular formula is C26H23F2N7OS. The molecule has 11 heteroatoms. The van der Waals surface area contributed by atoms with E-state index in [1.807, 2.05) is 6.07 Å². The number of thiophene rings is 1. The highest BCUT2D eigenvalue weighted by atomic mass is 32.1. The number of nitrogen functional groups attached to an aromatic ring is 1. The second kappa shape index (κ2) is 8.55. The van der Waals surface area contributed by atoms with Crippen molar-refractivity contribution in [3.8, 4) is 17.3 Å². The van der Waals surface area contributed by atoms with Crippen molar-refractivity contribution >= 4 is 43.3 Å². The molecule has 3 aromatic heterocycles. The zero-order valence-corrected chi connectivity index (χ0v) is 20.7. The quantitative estimate of drug-likeness (QED) is 0.408. The van der Waals surface area contributed by atoms with E-state index in [1.165, 1.54) is 19.3 Å². The molecule has 1 aliphatic carbocycles. The number of benzene rings is 1. The maximum atomic E-state index is 16.4.